The quantitative estimate of drug-likeness (QED) is 0.913. The first kappa shape index (κ1) is 15.2. The Labute approximate surface area is 116 Å². The van der Waals surface area contributed by atoms with Crippen LogP contribution in [-0.2, 0) is 16.0 Å². The normalized spacial score (nSPS) is 19.8. The van der Waals surface area contributed by atoms with Gasteiger partial charge in [-0.25, -0.2) is 8.42 Å². The van der Waals surface area contributed by atoms with Gasteiger partial charge in [0.1, 0.15) is 9.84 Å². The van der Waals surface area contributed by atoms with Crippen LogP contribution in [0.3, 0.4) is 0 Å². The van der Waals surface area contributed by atoms with Gasteiger partial charge in [0.25, 0.3) is 0 Å². The fraction of sp³-hybridized carbons (Fsp3) is 0.538. The van der Waals surface area contributed by atoms with Crippen LogP contribution in [0.15, 0.2) is 18.2 Å². The van der Waals surface area contributed by atoms with Crippen LogP contribution in [-0.4, -0.2) is 26.0 Å². The summed E-state index contributed by atoms with van der Waals surface area (Å²) in [6, 6.07) is 4.00. The zero-order valence-corrected chi connectivity index (χ0v) is 11.8. The van der Waals surface area contributed by atoms with Gasteiger partial charge >= 0.3 is 6.18 Å². The van der Waals surface area contributed by atoms with Crippen molar-refractivity contribution < 1.29 is 21.6 Å². The van der Waals surface area contributed by atoms with Gasteiger partial charge in [-0.3, -0.25) is 0 Å². The van der Waals surface area contributed by atoms with Crippen molar-refractivity contribution in [2.45, 2.75) is 32.0 Å². The maximum atomic E-state index is 12.8. The predicted octanol–water partition coefficient (Wildman–Crippen LogP) is 3.00. The van der Waals surface area contributed by atoms with Crippen molar-refractivity contribution in [3.05, 3.63) is 29.3 Å². The Hall–Kier alpha value is -1.24. The van der Waals surface area contributed by atoms with Crippen molar-refractivity contribution in [1.82, 2.24) is 0 Å². The average molecular weight is 307 g/mol. The van der Waals surface area contributed by atoms with Gasteiger partial charge in [-0.1, -0.05) is 6.07 Å². The highest BCUT2D eigenvalue weighted by atomic mass is 32.2. The van der Waals surface area contributed by atoms with Crippen LogP contribution in [0.4, 0.5) is 18.9 Å². The SMILES string of the molecule is Cc1ccc(NC2CCS(=O)(=O)CC2)cc1C(F)(F)F. The van der Waals surface area contributed by atoms with E-state index in [1.54, 1.807) is 6.07 Å². The number of nitrogens with one attached hydrogen (secondary N) is 1. The van der Waals surface area contributed by atoms with E-state index in [1.165, 1.54) is 13.0 Å². The van der Waals surface area contributed by atoms with E-state index >= 15 is 0 Å². The van der Waals surface area contributed by atoms with Crippen LogP contribution in [0.1, 0.15) is 24.0 Å². The molecule has 0 atom stereocenters. The van der Waals surface area contributed by atoms with Gasteiger partial charge in [0.15, 0.2) is 0 Å². The number of halogens is 3. The van der Waals surface area contributed by atoms with Crippen molar-refractivity contribution >= 4 is 15.5 Å². The van der Waals surface area contributed by atoms with Crippen LogP contribution in [0, 0.1) is 6.92 Å². The molecule has 1 fully saturated rings. The van der Waals surface area contributed by atoms with Gasteiger partial charge in [0.2, 0.25) is 0 Å². The first-order chi connectivity index (χ1) is 9.17. The summed E-state index contributed by atoms with van der Waals surface area (Å²) < 4.78 is 61.0. The molecule has 7 heteroatoms. The summed E-state index contributed by atoms with van der Waals surface area (Å²) in [5.41, 5.74) is -0.104. The fourth-order valence-electron chi connectivity index (χ4n) is 2.29. The van der Waals surface area contributed by atoms with E-state index in [1.807, 2.05) is 0 Å². The Morgan fingerprint density at radius 3 is 2.35 bits per heavy atom. The van der Waals surface area contributed by atoms with E-state index in [-0.39, 0.29) is 23.1 Å². The van der Waals surface area contributed by atoms with E-state index in [0.29, 0.717) is 18.5 Å². The molecule has 0 amide bonds. The number of hydrogen-bond acceptors (Lipinski definition) is 3. The average Bonchev–Trinajstić information content (AvgIpc) is 2.33. The Morgan fingerprint density at radius 1 is 1.20 bits per heavy atom. The molecule has 1 saturated heterocycles. The lowest BCUT2D eigenvalue weighted by Gasteiger charge is -2.24. The van der Waals surface area contributed by atoms with Crippen molar-refractivity contribution in [2.24, 2.45) is 0 Å². The van der Waals surface area contributed by atoms with Crippen LogP contribution in [0.25, 0.3) is 0 Å². The lowest BCUT2D eigenvalue weighted by atomic mass is 10.1. The molecule has 1 aromatic carbocycles. The number of benzene rings is 1. The number of alkyl halides is 3. The van der Waals surface area contributed by atoms with Gasteiger partial charge in [-0.15, -0.1) is 0 Å². The first-order valence-corrected chi connectivity index (χ1v) is 8.14. The molecule has 1 aliphatic rings. The summed E-state index contributed by atoms with van der Waals surface area (Å²) in [4.78, 5) is 0. The topological polar surface area (TPSA) is 46.2 Å². The maximum absolute atomic E-state index is 12.8. The second-order valence-electron chi connectivity index (χ2n) is 5.10. The second-order valence-corrected chi connectivity index (χ2v) is 7.40. The predicted molar refractivity (Wildman–Crippen MR) is 71.5 cm³/mol. The Morgan fingerprint density at radius 2 is 1.80 bits per heavy atom. The summed E-state index contributed by atoms with van der Waals surface area (Å²) in [5, 5.41) is 2.99. The Kier molecular flexibility index (Phi) is 4.00. The molecule has 0 aromatic heterocycles. The highest BCUT2D eigenvalue weighted by Crippen LogP contribution is 2.33. The lowest BCUT2D eigenvalue weighted by molar-refractivity contribution is -0.138. The molecule has 112 valence electrons. The molecule has 1 aliphatic heterocycles. The van der Waals surface area contributed by atoms with Gasteiger partial charge in [-0.05, 0) is 37.5 Å². The third-order valence-corrected chi connectivity index (χ3v) is 5.18. The van der Waals surface area contributed by atoms with E-state index in [9.17, 15) is 21.6 Å². The number of aryl methyl sites for hydroxylation is 1. The van der Waals surface area contributed by atoms with Gasteiger partial charge in [-0.2, -0.15) is 13.2 Å². The van der Waals surface area contributed by atoms with E-state index in [4.69, 9.17) is 0 Å². The van der Waals surface area contributed by atoms with E-state index in [0.717, 1.165) is 6.07 Å². The summed E-state index contributed by atoms with van der Waals surface area (Å²) in [6.45, 7) is 1.42. The standard InChI is InChI=1S/C13H16F3NO2S/c1-9-2-3-11(8-12(9)13(14,15)16)17-10-4-6-20(18,19)7-5-10/h2-3,8,10,17H,4-7H2,1H3. The molecule has 0 unspecified atom stereocenters. The van der Waals surface area contributed by atoms with Crippen molar-refractivity contribution in [3.63, 3.8) is 0 Å². The van der Waals surface area contributed by atoms with Gasteiger partial charge in [0, 0.05) is 11.7 Å². The number of sulfone groups is 1. The molecule has 20 heavy (non-hydrogen) atoms. The third-order valence-electron chi connectivity index (χ3n) is 3.47. The molecule has 1 heterocycles. The molecule has 0 saturated carbocycles. The summed E-state index contributed by atoms with van der Waals surface area (Å²) in [6.07, 6.45) is -3.52. The molecule has 1 N–H and O–H groups in total. The zero-order chi connectivity index (χ0) is 15.0. The molecular weight excluding hydrogens is 291 g/mol. The van der Waals surface area contributed by atoms with Crippen LogP contribution < -0.4 is 5.32 Å². The van der Waals surface area contributed by atoms with Crippen LogP contribution in [0.5, 0.6) is 0 Å². The molecule has 0 bridgehead atoms. The highest BCUT2D eigenvalue weighted by molar-refractivity contribution is 7.91. The van der Waals surface area contributed by atoms with Crippen LogP contribution in [0.2, 0.25) is 0 Å². The number of anilines is 1. The molecule has 1 aromatic rings. The molecule has 0 radical (unpaired) electrons. The maximum Gasteiger partial charge on any atom is 0.416 e. The summed E-state index contributed by atoms with van der Waals surface area (Å²) in [7, 11) is -2.97. The molecule has 3 nitrogen and oxygen atoms in total. The lowest BCUT2D eigenvalue weighted by Crippen LogP contribution is -2.32. The van der Waals surface area contributed by atoms with Crippen molar-refractivity contribution in [1.29, 1.82) is 0 Å². The molecule has 0 aliphatic carbocycles. The highest BCUT2D eigenvalue weighted by Gasteiger charge is 2.32. The zero-order valence-electron chi connectivity index (χ0n) is 11.0. The minimum atomic E-state index is -4.38. The Bertz CT molecular complexity index is 582. The van der Waals surface area contributed by atoms with E-state index < -0.39 is 21.6 Å². The third kappa shape index (κ3) is 3.65. The molecular formula is C13H16F3NO2S. The second kappa shape index (κ2) is 5.27. The van der Waals surface area contributed by atoms with Gasteiger partial charge < -0.3 is 5.32 Å². The van der Waals surface area contributed by atoms with E-state index in [2.05, 4.69) is 5.32 Å². The van der Waals surface area contributed by atoms with Crippen molar-refractivity contribution in [2.75, 3.05) is 16.8 Å². The smallest absolute Gasteiger partial charge is 0.382 e. The summed E-state index contributed by atoms with van der Waals surface area (Å²) >= 11 is 0. The first-order valence-electron chi connectivity index (χ1n) is 6.32. The fourth-order valence-corrected chi connectivity index (χ4v) is 3.78. The van der Waals surface area contributed by atoms with Crippen molar-refractivity contribution in [3.8, 4) is 0 Å². The summed E-state index contributed by atoms with van der Waals surface area (Å²) in [5.74, 6) is 0.172. The minimum absolute atomic E-state index is 0.0860. The van der Waals surface area contributed by atoms with Gasteiger partial charge in [0.05, 0.1) is 17.1 Å². The Balaban J connectivity index is 2.11. The van der Waals surface area contributed by atoms with Crippen LogP contribution >= 0.6 is 0 Å². The monoisotopic (exact) mass is 307 g/mol. The largest absolute Gasteiger partial charge is 0.416 e. The number of rotatable bonds is 2. The molecule has 0 spiro atoms. The molecule has 2 rings (SSSR count). The number of hydrogen-bond donors (Lipinski definition) is 1. The minimum Gasteiger partial charge on any atom is -0.382 e.